The zero-order valence-electron chi connectivity index (χ0n) is 15.7. The number of H-pyrrole nitrogens is 1. The molecule has 0 aliphatic heterocycles. The van der Waals surface area contributed by atoms with E-state index in [1.807, 2.05) is 0 Å². The van der Waals surface area contributed by atoms with Crippen molar-refractivity contribution in [1.82, 2.24) is 19.7 Å². The minimum Gasteiger partial charge on any atom is -0.497 e. The SMILES string of the molecule is COc1cccc(C(=O)Nc2cc(-c3ccco3)nn2-c2nc(C)cc(=O)[nH]2)c1. The second kappa shape index (κ2) is 7.47. The summed E-state index contributed by atoms with van der Waals surface area (Å²) in [6, 6.07) is 13.2. The predicted molar refractivity (Wildman–Crippen MR) is 105 cm³/mol. The third-order valence-corrected chi connectivity index (χ3v) is 4.11. The fourth-order valence-corrected chi connectivity index (χ4v) is 2.79. The van der Waals surface area contributed by atoms with Crippen LogP contribution >= 0.6 is 0 Å². The summed E-state index contributed by atoms with van der Waals surface area (Å²) in [5, 5.41) is 7.24. The number of aryl methyl sites for hydroxylation is 1. The molecule has 146 valence electrons. The molecule has 9 nitrogen and oxygen atoms in total. The maximum atomic E-state index is 12.8. The molecule has 4 rings (SSSR count). The van der Waals surface area contributed by atoms with Crippen LogP contribution in [0.2, 0.25) is 0 Å². The van der Waals surface area contributed by atoms with Crippen molar-refractivity contribution in [3.63, 3.8) is 0 Å². The molecule has 0 fully saturated rings. The summed E-state index contributed by atoms with van der Waals surface area (Å²) in [6.07, 6.45) is 1.52. The second-order valence-corrected chi connectivity index (χ2v) is 6.20. The van der Waals surface area contributed by atoms with Gasteiger partial charge in [-0.15, -0.1) is 0 Å². The molecule has 0 aliphatic carbocycles. The van der Waals surface area contributed by atoms with Crippen molar-refractivity contribution in [2.24, 2.45) is 0 Å². The smallest absolute Gasteiger partial charge is 0.256 e. The van der Waals surface area contributed by atoms with Gasteiger partial charge in [0.1, 0.15) is 17.3 Å². The number of anilines is 1. The maximum Gasteiger partial charge on any atom is 0.256 e. The lowest BCUT2D eigenvalue weighted by atomic mass is 10.2. The first-order valence-corrected chi connectivity index (χ1v) is 8.71. The van der Waals surface area contributed by atoms with Crippen molar-refractivity contribution in [3.8, 4) is 23.2 Å². The van der Waals surface area contributed by atoms with Crippen LogP contribution in [-0.2, 0) is 0 Å². The van der Waals surface area contributed by atoms with Crippen molar-refractivity contribution in [2.45, 2.75) is 6.92 Å². The Balaban J connectivity index is 1.76. The van der Waals surface area contributed by atoms with Gasteiger partial charge in [-0.2, -0.15) is 9.78 Å². The molecule has 0 bridgehead atoms. The zero-order valence-corrected chi connectivity index (χ0v) is 15.7. The highest BCUT2D eigenvalue weighted by molar-refractivity contribution is 6.04. The van der Waals surface area contributed by atoms with Crippen LogP contribution in [-0.4, -0.2) is 32.8 Å². The monoisotopic (exact) mass is 391 g/mol. The van der Waals surface area contributed by atoms with Crippen LogP contribution < -0.4 is 15.6 Å². The molecule has 9 heteroatoms. The largest absolute Gasteiger partial charge is 0.497 e. The molecule has 0 saturated carbocycles. The van der Waals surface area contributed by atoms with Crippen molar-refractivity contribution in [2.75, 3.05) is 12.4 Å². The summed E-state index contributed by atoms with van der Waals surface area (Å²) in [5.74, 6) is 1.19. The van der Waals surface area contributed by atoms with E-state index >= 15 is 0 Å². The van der Waals surface area contributed by atoms with Crippen LogP contribution in [0.3, 0.4) is 0 Å². The first-order valence-electron chi connectivity index (χ1n) is 8.71. The lowest BCUT2D eigenvalue weighted by molar-refractivity contribution is 0.102. The molecule has 0 saturated heterocycles. The Labute approximate surface area is 165 Å². The third kappa shape index (κ3) is 3.79. The number of nitrogens with zero attached hydrogens (tertiary/aromatic N) is 3. The molecule has 1 amide bonds. The zero-order chi connectivity index (χ0) is 20.4. The van der Waals surface area contributed by atoms with Gasteiger partial charge in [-0.05, 0) is 37.3 Å². The lowest BCUT2D eigenvalue weighted by Crippen LogP contribution is -2.18. The van der Waals surface area contributed by atoms with Crippen molar-refractivity contribution in [1.29, 1.82) is 0 Å². The second-order valence-electron chi connectivity index (χ2n) is 6.20. The molecule has 0 aliphatic rings. The van der Waals surface area contributed by atoms with E-state index in [0.29, 0.717) is 34.3 Å². The number of nitrogens with one attached hydrogen (secondary N) is 2. The topological polar surface area (TPSA) is 115 Å². The average Bonchev–Trinajstić information content (AvgIpc) is 3.37. The molecule has 29 heavy (non-hydrogen) atoms. The summed E-state index contributed by atoms with van der Waals surface area (Å²) < 4.78 is 11.9. The molecule has 0 atom stereocenters. The number of rotatable bonds is 5. The van der Waals surface area contributed by atoms with Crippen LogP contribution in [0.15, 0.2) is 64.0 Å². The Morgan fingerprint density at radius 1 is 1.21 bits per heavy atom. The number of hydrogen-bond acceptors (Lipinski definition) is 6. The van der Waals surface area contributed by atoms with E-state index in [1.165, 1.54) is 24.1 Å². The van der Waals surface area contributed by atoms with Crippen LogP contribution in [0, 0.1) is 6.92 Å². The summed E-state index contributed by atoms with van der Waals surface area (Å²) >= 11 is 0. The fourth-order valence-electron chi connectivity index (χ4n) is 2.79. The van der Waals surface area contributed by atoms with E-state index in [-0.39, 0.29) is 17.4 Å². The number of hydrogen-bond donors (Lipinski definition) is 2. The molecule has 0 unspecified atom stereocenters. The predicted octanol–water partition coefficient (Wildman–Crippen LogP) is 2.78. The van der Waals surface area contributed by atoms with Crippen molar-refractivity contribution >= 4 is 11.7 Å². The van der Waals surface area contributed by atoms with Gasteiger partial charge >= 0.3 is 0 Å². The minimum absolute atomic E-state index is 0.175. The van der Waals surface area contributed by atoms with E-state index in [0.717, 1.165) is 0 Å². The Kier molecular flexibility index (Phi) is 4.70. The highest BCUT2D eigenvalue weighted by Gasteiger charge is 2.18. The van der Waals surface area contributed by atoms with Gasteiger partial charge in [0.25, 0.3) is 11.5 Å². The van der Waals surface area contributed by atoms with E-state index in [2.05, 4.69) is 20.4 Å². The van der Waals surface area contributed by atoms with Crippen LogP contribution in [0.1, 0.15) is 16.1 Å². The van der Waals surface area contributed by atoms with Crippen LogP contribution in [0.5, 0.6) is 5.75 Å². The number of aromatic amines is 1. The molecule has 1 aromatic carbocycles. The van der Waals surface area contributed by atoms with Gasteiger partial charge in [-0.3, -0.25) is 14.6 Å². The number of methoxy groups -OCH3 is 1. The highest BCUT2D eigenvalue weighted by Crippen LogP contribution is 2.24. The Morgan fingerprint density at radius 3 is 2.79 bits per heavy atom. The molecule has 0 radical (unpaired) electrons. The number of carbonyl (C=O) groups excluding carboxylic acids is 1. The summed E-state index contributed by atoms with van der Waals surface area (Å²) in [7, 11) is 1.53. The van der Waals surface area contributed by atoms with Gasteiger partial charge in [-0.1, -0.05) is 6.07 Å². The average molecular weight is 391 g/mol. The first-order chi connectivity index (χ1) is 14.0. The van der Waals surface area contributed by atoms with E-state index in [4.69, 9.17) is 9.15 Å². The fraction of sp³-hybridized carbons (Fsp3) is 0.100. The van der Waals surface area contributed by atoms with Crippen molar-refractivity contribution in [3.05, 3.63) is 76.4 Å². The number of aromatic nitrogens is 4. The molecular formula is C20H17N5O4. The Hall–Kier alpha value is -4.14. The van der Waals surface area contributed by atoms with Gasteiger partial charge in [0.15, 0.2) is 5.76 Å². The maximum absolute atomic E-state index is 12.8. The quantitative estimate of drug-likeness (QED) is 0.541. The van der Waals surface area contributed by atoms with Gasteiger partial charge in [0.2, 0.25) is 5.95 Å². The molecule has 3 heterocycles. The standard InChI is InChI=1S/C20H17N5O4/c1-12-9-18(26)23-20(21-12)25-17(11-15(24-25)16-7-4-8-29-16)22-19(27)13-5-3-6-14(10-13)28-2/h3-11H,1-2H3,(H,22,27)(H,21,23,26). The summed E-state index contributed by atoms with van der Waals surface area (Å²) in [6.45, 7) is 1.70. The van der Waals surface area contributed by atoms with E-state index < -0.39 is 0 Å². The van der Waals surface area contributed by atoms with Gasteiger partial charge < -0.3 is 14.5 Å². The van der Waals surface area contributed by atoms with E-state index in [9.17, 15) is 9.59 Å². The summed E-state index contributed by atoms with van der Waals surface area (Å²) in [5.41, 5.74) is 1.07. The van der Waals surface area contributed by atoms with Gasteiger partial charge in [-0.25, -0.2) is 4.98 Å². The highest BCUT2D eigenvalue weighted by atomic mass is 16.5. The molecule has 4 aromatic rings. The lowest BCUT2D eigenvalue weighted by Gasteiger charge is -2.09. The number of carbonyl (C=O) groups is 1. The number of ether oxygens (including phenoxy) is 1. The number of benzene rings is 1. The normalized spacial score (nSPS) is 10.7. The van der Waals surface area contributed by atoms with Crippen LogP contribution in [0.4, 0.5) is 5.82 Å². The van der Waals surface area contributed by atoms with E-state index in [1.54, 1.807) is 49.4 Å². The minimum atomic E-state index is -0.369. The van der Waals surface area contributed by atoms with Crippen LogP contribution in [0.25, 0.3) is 17.4 Å². The van der Waals surface area contributed by atoms with Crippen molar-refractivity contribution < 1.29 is 13.9 Å². The number of furan rings is 1. The van der Waals surface area contributed by atoms with Gasteiger partial charge in [0, 0.05) is 23.4 Å². The third-order valence-electron chi connectivity index (χ3n) is 4.11. The first kappa shape index (κ1) is 18.2. The number of amides is 1. The molecule has 2 N–H and O–H groups in total. The molecule has 0 spiro atoms. The Bertz CT molecular complexity index is 1220. The molecular weight excluding hydrogens is 374 g/mol. The van der Waals surface area contributed by atoms with Gasteiger partial charge in [0.05, 0.1) is 13.4 Å². The molecule has 3 aromatic heterocycles. The Morgan fingerprint density at radius 2 is 2.07 bits per heavy atom. The summed E-state index contributed by atoms with van der Waals surface area (Å²) in [4.78, 5) is 31.6.